The number of halogens is 2. The second-order valence-corrected chi connectivity index (χ2v) is 6.07. The number of non-ortho nitro benzene ring substituents is 1. The van der Waals surface area contributed by atoms with Crippen LogP contribution in [0.2, 0.25) is 10.2 Å². The van der Waals surface area contributed by atoms with Gasteiger partial charge in [0.1, 0.15) is 10.0 Å². The van der Waals surface area contributed by atoms with Gasteiger partial charge in [0, 0.05) is 12.1 Å². The highest BCUT2D eigenvalue weighted by Gasteiger charge is 2.20. The van der Waals surface area contributed by atoms with Crippen LogP contribution in [0.1, 0.15) is 0 Å². The molecule has 7 nitrogen and oxygen atoms in total. The van der Waals surface area contributed by atoms with Gasteiger partial charge in [-0.25, -0.2) is 4.98 Å². The molecule has 0 spiro atoms. The maximum Gasteiger partial charge on any atom is 0.340 e. The lowest BCUT2D eigenvalue weighted by atomic mass is 10.3. The van der Waals surface area contributed by atoms with E-state index < -0.39 is 15.0 Å². The molecule has 0 unspecified atom stereocenters. The molecule has 1 aromatic heterocycles. The Morgan fingerprint density at radius 1 is 1.19 bits per heavy atom. The first-order valence-corrected chi connectivity index (χ1v) is 7.46. The van der Waals surface area contributed by atoms with Gasteiger partial charge in [-0.2, -0.15) is 8.42 Å². The molecule has 0 aliphatic carbocycles. The van der Waals surface area contributed by atoms with Crippen LogP contribution in [0.25, 0.3) is 0 Å². The van der Waals surface area contributed by atoms with Crippen molar-refractivity contribution in [3.63, 3.8) is 0 Å². The summed E-state index contributed by atoms with van der Waals surface area (Å²) in [7, 11) is -4.16. The summed E-state index contributed by atoms with van der Waals surface area (Å²) in [6.07, 6.45) is 1.02. The lowest BCUT2D eigenvalue weighted by Crippen LogP contribution is -2.10. The highest BCUT2D eigenvalue weighted by atomic mass is 35.5. The van der Waals surface area contributed by atoms with Crippen molar-refractivity contribution in [2.75, 3.05) is 0 Å². The van der Waals surface area contributed by atoms with Gasteiger partial charge in [0.15, 0.2) is 5.75 Å². The van der Waals surface area contributed by atoms with Gasteiger partial charge in [-0.3, -0.25) is 10.1 Å². The van der Waals surface area contributed by atoms with E-state index in [9.17, 15) is 18.5 Å². The van der Waals surface area contributed by atoms with Gasteiger partial charge in [0.2, 0.25) is 0 Å². The van der Waals surface area contributed by atoms with E-state index in [4.69, 9.17) is 27.4 Å². The maximum absolute atomic E-state index is 12.0. The summed E-state index contributed by atoms with van der Waals surface area (Å²) in [5.41, 5.74) is -0.280. The molecular formula is C11H6Cl2N2O5S. The molecule has 0 saturated heterocycles. The van der Waals surface area contributed by atoms with Crippen molar-refractivity contribution < 1.29 is 17.5 Å². The molecule has 2 aromatic rings. The van der Waals surface area contributed by atoms with Gasteiger partial charge < -0.3 is 4.18 Å². The zero-order valence-corrected chi connectivity index (χ0v) is 12.4. The molecule has 1 heterocycles. The molecule has 0 radical (unpaired) electrons. The van der Waals surface area contributed by atoms with Crippen LogP contribution in [0.15, 0.2) is 41.4 Å². The fraction of sp³-hybridized carbons (Fsp3) is 0. The van der Waals surface area contributed by atoms with Crippen molar-refractivity contribution in [1.29, 1.82) is 0 Å². The van der Waals surface area contributed by atoms with Crippen LogP contribution in [0, 0.1) is 10.1 Å². The van der Waals surface area contributed by atoms with E-state index in [2.05, 4.69) is 4.98 Å². The van der Waals surface area contributed by atoms with Crippen LogP contribution in [0.3, 0.4) is 0 Å². The van der Waals surface area contributed by atoms with Crippen LogP contribution >= 0.6 is 23.2 Å². The summed E-state index contributed by atoms with van der Waals surface area (Å²) in [6, 6.07) is 5.67. The molecule has 1 aromatic carbocycles. The predicted octanol–water partition coefficient (Wildman–Crippen LogP) is 3.06. The number of benzene rings is 1. The third kappa shape index (κ3) is 3.60. The molecule has 0 amide bonds. The van der Waals surface area contributed by atoms with Crippen molar-refractivity contribution in [1.82, 2.24) is 4.98 Å². The summed E-state index contributed by atoms with van der Waals surface area (Å²) in [6.45, 7) is 0. The summed E-state index contributed by atoms with van der Waals surface area (Å²) in [5.74, 6) is -0.225. The number of nitro groups is 1. The Kier molecular flexibility index (Phi) is 4.31. The van der Waals surface area contributed by atoms with Gasteiger partial charge in [-0.1, -0.05) is 23.2 Å². The van der Waals surface area contributed by atoms with Gasteiger partial charge >= 0.3 is 10.1 Å². The summed E-state index contributed by atoms with van der Waals surface area (Å²) in [5, 5.41) is 10.5. The van der Waals surface area contributed by atoms with Crippen molar-refractivity contribution >= 4 is 39.0 Å². The second-order valence-electron chi connectivity index (χ2n) is 3.73. The minimum absolute atomic E-state index is 0.127. The molecule has 10 heteroatoms. The second kappa shape index (κ2) is 5.84. The first-order valence-electron chi connectivity index (χ1n) is 5.29. The first kappa shape index (κ1) is 15.5. The van der Waals surface area contributed by atoms with Crippen molar-refractivity contribution in [3.8, 4) is 5.75 Å². The molecule has 0 fully saturated rings. The predicted molar refractivity (Wildman–Crippen MR) is 75.2 cm³/mol. The number of hydrogen-bond donors (Lipinski definition) is 0. The number of rotatable bonds is 4. The van der Waals surface area contributed by atoms with E-state index in [1.54, 1.807) is 0 Å². The Balaban J connectivity index is 2.32. The van der Waals surface area contributed by atoms with E-state index in [0.717, 1.165) is 24.4 Å². The molecular weight excluding hydrogens is 343 g/mol. The van der Waals surface area contributed by atoms with E-state index in [-0.39, 0.29) is 26.5 Å². The molecule has 0 aliphatic heterocycles. The van der Waals surface area contributed by atoms with Crippen LogP contribution in [-0.4, -0.2) is 18.3 Å². The lowest BCUT2D eigenvalue weighted by Gasteiger charge is -2.08. The number of aromatic nitrogens is 1. The largest absolute Gasteiger partial charge is 0.377 e. The Morgan fingerprint density at radius 3 is 2.43 bits per heavy atom. The van der Waals surface area contributed by atoms with Crippen LogP contribution in [0.5, 0.6) is 5.75 Å². The quantitative estimate of drug-likeness (QED) is 0.364. The number of hydrogen-bond acceptors (Lipinski definition) is 6. The minimum Gasteiger partial charge on any atom is -0.377 e. The molecule has 2 rings (SSSR count). The van der Waals surface area contributed by atoms with Crippen molar-refractivity contribution in [3.05, 3.63) is 56.8 Å². The third-order valence-corrected chi connectivity index (χ3v) is 4.05. The van der Waals surface area contributed by atoms with E-state index in [1.165, 1.54) is 12.1 Å². The number of nitrogens with zero attached hydrogens (tertiary/aromatic N) is 2. The van der Waals surface area contributed by atoms with Gasteiger partial charge in [-0.05, 0) is 18.2 Å². The van der Waals surface area contributed by atoms with Crippen LogP contribution in [0.4, 0.5) is 5.69 Å². The van der Waals surface area contributed by atoms with Gasteiger partial charge in [0.05, 0.1) is 16.1 Å². The average Bonchev–Trinajstić information content (AvgIpc) is 2.41. The first-order chi connectivity index (χ1) is 9.79. The molecule has 0 atom stereocenters. The van der Waals surface area contributed by atoms with Crippen LogP contribution in [-0.2, 0) is 10.1 Å². The Hall–Kier alpha value is -1.90. The Bertz CT molecular complexity index is 793. The molecule has 110 valence electrons. The smallest absolute Gasteiger partial charge is 0.340 e. The SMILES string of the molecule is O=[N+]([O-])c1ccc(OS(=O)(=O)c2ccc(Cl)nc2)c(Cl)c1. The van der Waals surface area contributed by atoms with Gasteiger partial charge in [0.25, 0.3) is 5.69 Å². The number of pyridine rings is 1. The monoisotopic (exact) mass is 348 g/mol. The lowest BCUT2D eigenvalue weighted by molar-refractivity contribution is -0.384. The van der Waals surface area contributed by atoms with E-state index in [1.807, 2.05) is 0 Å². The average molecular weight is 349 g/mol. The third-order valence-electron chi connectivity index (χ3n) is 2.31. The van der Waals surface area contributed by atoms with Gasteiger partial charge in [-0.15, -0.1) is 0 Å². The van der Waals surface area contributed by atoms with Crippen molar-refractivity contribution in [2.24, 2.45) is 0 Å². The normalized spacial score (nSPS) is 11.1. The standard InChI is InChI=1S/C11H6Cl2N2O5S/c12-9-5-7(15(16)17)1-3-10(9)20-21(18,19)8-2-4-11(13)14-6-8/h1-6H. The fourth-order valence-electron chi connectivity index (χ4n) is 1.35. The zero-order chi connectivity index (χ0) is 15.6. The molecule has 21 heavy (non-hydrogen) atoms. The molecule has 0 N–H and O–H groups in total. The molecule has 0 saturated carbocycles. The van der Waals surface area contributed by atoms with E-state index in [0.29, 0.717) is 0 Å². The number of nitro benzene ring substituents is 1. The summed E-state index contributed by atoms with van der Waals surface area (Å²) < 4.78 is 28.8. The topological polar surface area (TPSA) is 99.4 Å². The molecule has 0 bridgehead atoms. The maximum atomic E-state index is 12.0. The van der Waals surface area contributed by atoms with E-state index >= 15 is 0 Å². The Labute approximate surface area is 129 Å². The summed E-state index contributed by atoms with van der Waals surface area (Å²) >= 11 is 11.3. The minimum atomic E-state index is -4.16. The summed E-state index contributed by atoms with van der Waals surface area (Å²) in [4.78, 5) is 13.3. The Morgan fingerprint density at radius 2 is 1.90 bits per heavy atom. The fourth-order valence-corrected chi connectivity index (χ4v) is 2.61. The van der Waals surface area contributed by atoms with Crippen molar-refractivity contribution in [2.45, 2.75) is 4.90 Å². The zero-order valence-electron chi connectivity index (χ0n) is 10.1. The highest BCUT2D eigenvalue weighted by molar-refractivity contribution is 7.87. The molecule has 0 aliphatic rings. The van der Waals surface area contributed by atoms with Crippen LogP contribution < -0.4 is 4.18 Å². The highest BCUT2D eigenvalue weighted by Crippen LogP contribution is 2.30.